The monoisotopic (exact) mass is 411 g/mol. The number of Topliss-reactive ketones (excluding diaryl/α,β-unsaturated/α-hetero) is 1. The van der Waals surface area contributed by atoms with Crippen LogP contribution in [0.5, 0.6) is 0 Å². The Kier molecular flexibility index (Phi) is 4.65. The van der Waals surface area contributed by atoms with Gasteiger partial charge < -0.3 is 10.6 Å². The van der Waals surface area contributed by atoms with Crippen LogP contribution in [0.15, 0.2) is 39.4 Å². The number of aromatic nitrogens is 2. The number of aliphatic imine (C=N–C) groups is 1. The zero-order chi connectivity index (χ0) is 20.9. The number of nitrogens with zero attached hydrogens (tertiary/aromatic N) is 3. The van der Waals surface area contributed by atoms with Crippen molar-refractivity contribution >= 4 is 41.9 Å². The molecule has 150 valence electrons. The summed E-state index contributed by atoms with van der Waals surface area (Å²) in [5.74, 6) is -0.202. The van der Waals surface area contributed by atoms with E-state index in [0.717, 1.165) is 29.8 Å². The number of ketones is 1. The van der Waals surface area contributed by atoms with E-state index in [9.17, 15) is 9.59 Å². The fraction of sp³-hybridized carbons (Fsp3) is 0.381. The number of amides is 1. The van der Waals surface area contributed by atoms with Crippen molar-refractivity contribution in [3.8, 4) is 0 Å². The van der Waals surface area contributed by atoms with Gasteiger partial charge in [0.15, 0.2) is 5.78 Å². The van der Waals surface area contributed by atoms with Gasteiger partial charge in [-0.1, -0.05) is 11.6 Å². The maximum absolute atomic E-state index is 13.1. The SMILES string of the molecule is C=N/C(=C\c1ncnc(NC2=CC(Cl)=C3C(=O)NC(C)(C)C3C2=O)c1C)C1CC1. The predicted molar refractivity (Wildman–Crippen MR) is 112 cm³/mol. The Labute approximate surface area is 174 Å². The largest absolute Gasteiger partial charge is 0.346 e. The van der Waals surface area contributed by atoms with Crippen molar-refractivity contribution < 1.29 is 9.59 Å². The lowest BCUT2D eigenvalue weighted by Crippen LogP contribution is -2.44. The molecule has 2 fully saturated rings. The van der Waals surface area contributed by atoms with Crippen LogP contribution in [0.3, 0.4) is 0 Å². The molecule has 2 N–H and O–H groups in total. The highest BCUT2D eigenvalue weighted by molar-refractivity contribution is 6.36. The van der Waals surface area contributed by atoms with Gasteiger partial charge in [0, 0.05) is 28.3 Å². The Morgan fingerprint density at radius 3 is 2.76 bits per heavy atom. The first-order valence-corrected chi connectivity index (χ1v) is 9.85. The van der Waals surface area contributed by atoms with Crippen LogP contribution < -0.4 is 10.6 Å². The summed E-state index contributed by atoms with van der Waals surface area (Å²) in [6.07, 6.45) is 7.07. The Hall–Kier alpha value is -2.80. The Morgan fingerprint density at radius 2 is 2.10 bits per heavy atom. The second-order valence-electron chi connectivity index (χ2n) is 8.15. The average molecular weight is 412 g/mol. The van der Waals surface area contributed by atoms with Crippen LogP contribution in [0.2, 0.25) is 0 Å². The van der Waals surface area contributed by atoms with E-state index >= 15 is 0 Å². The highest BCUT2D eigenvalue weighted by Gasteiger charge is 2.51. The van der Waals surface area contributed by atoms with Crippen LogP contribution in [0, 0.1) is 18.8 Å². The third-order valence-corrected chi connectivity index (χ3v) is 5.90. The number of nitrogens with one attached hydrogen (secondary N) is 2. The molecule has 2 aliphatic carbocycles. The predicted octanol–water partition coefficient (Wildman–Crippen LogP) is 3.13. The Morgan fingerprint density at radius 1 is 1.38 bits per heavy atom. The smallest absolute Gasteiger partial charge is 0.249 e. The molecule has 1 unspecified atom stereocenters. The molecule has 8 heteroatoms. The number of anilines is 1. The second-order valence-corrected chi connectivity index (χ2v) is 8.56. The van der Waals surface area contributed by atoms with E-state index in [1.165, 1.54) is 12.4 Å². The molecule has 1 aromatic rings. The summed E-state index contributed by atoms with van der Waals surface area (Å²) < 4.78 is 0. The first-order valence-electron chi connectivity index (χ1n) is 9.48. The third kappa shape index (κ3) is 3.40. The van der Waals surface area contributed by atoms with Gasteiger partial charge in [0.2, 0.25) is 5.91 Å². The van der Waals surface area contributed by atoms with Crippen LogP contribution in [0.4, 0.5) is 5.82 Å². The van der Waals surface area contributed by atoms with Gasteiger partial charge >= 0.3 is 0 Å². The molecule has 3 aliphatic rings. The lowest BCUT2D eigenvalue weighted by molar-refractivity contribution is -0.119. The topological polar surface area (TPSA) is 96.3 Å². The van der Waals surface area contributed by atoms with Gasteiger partial charge in [-0.05, 0) is 52.5 Å². The highest BCUT2D eigenvalue weighted by atomic mass is 35.5. The van der Waals surface area contributed by atoms with Gasteiger partial charge in [-0.25, -0.2) is 9.97 Å². The summed E-state index contributed by atoms with van der Waals surface area (Å²) in [7, 11) is 0. The molecule has 1 amide bonds. The summed E-state index contributed by atoms with van der Waals surface area (Å²) in [5.41, 5.74) is 2.33. The molecule has 7 nitrogen and oxygen atoms in total. The maximum Gasteiger partial charge on any atom is 0.249 e. The molecule has 0 bridgehead atoms. The van der Waals surface area contributed by atoms with Crippen LogP contribution in [0.25, 0.3) is 6.08 Å². The molecule has 1 aliphatic heterocycles. The number of carbonyl (C=O) groups excluding carboxylic acids is 2. The fourth-order valence-electron chi connectivity index (χ4n) is 3.83. The standard InChI is InChI=1S/C21H22ClN5O2/c1-10-13(8-14(23-4)11-5-6-11)24-9-25-19(10)26-15-7-12(22)16-17(18(15)28)21(2,3)27-20(16)29/h7-9,11,17H,4-6H2,1-3H3,(H,27,29)(H,24,25,26)/b14-8-. The van der Waals surface area contributed by atoms with E-state index in [1.807, 2.05) is 26.8 Å². The van der Waals surface area contributed by atoms with Gasteiger partial charge in [-0.15, -0.1) is 0 Å². The van der Waals surface area contributed by atoms with Crippen molar-refractivity contribution in [1.29, 1.82) is 0 Å². The zero-order valence-electron chi connectivity index (χ0n) is 16.5. The van der Waals surface area contributed by atoms with E-state index in [4.69, 9.17) is 11.6 Å². The van der Waals surface area contributed by atoms with E-state index in [0.29, 0.717) is 23.0 Å². The molecule has 0 spiro atoms. The Bertz CT molecular complexity index is 1030. The van der Waals surface area contributed by atoms with Crippen molar-refractivity contribution in [2.45, 2.75) is 39.2 Å². The van der Waals surface area contributed by atoms with Gasteiger partial charge in [-0.3, -0.25) is 14.6 Å². The minimum atomic E-state index is -0.714. The molecule has 1 saturated heterocycles. The molecule has 1 atom stereocenters. The average Bonchev–Trinajstić information content (AvgIpc) is 3.45. The molecule has 0 radical (unpaired) electrons. The van der Waals surface area contributed by atoms with Crippen molar-refractivity contribution in [2.24, 2.45) is 16.8 Å². The third-order valence-electron chi connectivity index (χ3n) is 5.59. The number of rotatable bonds is 5. The summed E-state index contributed by atoms with van der Waals surface area (Å²) in [4.78, 5) is 38.1. The van der Waals surface area contributed by atoms with Crippen LogP contribution >= 0.6 is 11.6 Å². The molecule has 4 rings (SSSR count). The van der Waals surface area contributed by atoms with E-state index < -0.39 is 11.5 Å². The quantitative estimate of drug-likeness (QED) is 0.725. The molecule has 0 aromatic carbocycles. The van der Waals surface area contributed by atoms with Crippen LogP contribution in [-0.4, -0.2) is 33.9 Å². The lowest BCUT2D eigenvalue weighted by atomic mass is 9.79. The van der Waals surface area contributed by atoms with Gasteiger partial charge in [-0.2, -0.15) is 0 Å². The summed E-state index contributed by atoms with van der Waals surface area (Å²) in [6, 6.07) is 0. The lowest BCUT2D eigenvalue weighted by Gasteiger charge is -2.28. The first-order chi connectivity index (χ1) is 13.7. The first kappa shape index (κ1) is 19.5. The normalized spacial score (nSPS) is 23.5. The molecule has 29 heavy (non-hydrogen) atoms. The minimum Gasteiger partial charge on any atom is -0.346 e. The van der Waals surface area contributed by atoms with E-state index in [1.54, 1.807) is 0 Å². The number of carbonyl (C=O) groups is 2. The summed E-state index contributed by atoms with van der Waals surface area (Å²) in [6.45, 7) is 9.15. The maximum atomic E-state index is 13.1. The van der Waals surface area contributed by atoms with Crippen LogP contribution in [0.1, 0.15) is 37.9 Å². The number of allylic oxidation sites excluding steroid dienone is 4. The van der Waals surface area contributed by atoms with E-state index in [-0.39, 0.29) is 16.7 Å². The summed E-state index contributed by atoms with van der Waals surface area (Å²) in [5, 5.41) is 6.19. The number of halogens is 1. The van der Waals surface area contributed by atoms with Crippen molar-refractivity contribution in [3.05, 3.63) is 45.7 Å². The molecular formula is C21H22ClN5O2. The number of hydrogen-bond acceptors (Lipinski definition) is 6. The van der Waals surface area contributed by atoms with E-state index in [2.05, 4.69) is 32.3 Å². The molecule has 2 heterocycles. The summed E-state index contributed by atoms with van der Waals surface area (Å²) >= 11 is 6.36. The van der Waals surface area contributed by atoms with Gasteiger partial charge in [0.25, 0.3) is 0 Å². The molecule has 1 saturated carbocycles. The molecular weight excluding hydrogens is 390 g/mol. The van der Waals surface area contributed by atoms with Crippen molar-refractivity contribution in [2.75, 3.05) is 5.32 Å². The van der Waals surface area contributed by atoms with Crippen molar-refractivity contribution in [3.63, 3.8) is 0 Å². The van der Waals surface area contributed by atoms with Crippen LogP contribution in [-0.2, 0) is 9.59 Å². The van der Waals surface area contributed by atoms with Gasteiger partial charge in [0.05, 0.1) is 22.3 Å². The van der Waals surface area contributed by atoms with Crippen molar-refractivity contribution in [1.82, 2.24) is 15.3 Å². The zero-order valence-corrected chi connectivity index (χ0v) is 17.3. The van der Waals surface area contributed by atoms with Gasteiger partial charge in [0.1, 0.15) is 12.1 Å². The Balaban J connectivity index is 1.68. The molecule has 1 aromatic heterocycles. The number of hydrogen-bond donors (Lipinski definition) is 2. The number of fused-ring (bicyclic) bond motifs is 1. The minimum absolute atomic E-state index is 0.200. The second kappa shape index (κ2) is 6.91. The fourth-order valence-corrected chi connectivity index (χ4v) is 4.14. The highest BCUT2D eigenvalue weighted by Crippen LogP contribution is 2.41.